The van der Waals surface area contributed by atoms with Crippen LogP contribution in [0, 0.1) is 0 Å². The van der Waals surface area contributed by atoms with Crippen molar-refractivity contribution < 1.29 is 4.79 Å². The normalized spacial score (nSPS) is 10.6. The van der Waals surface area contributed by atoms with Crippen LogP contribution in [-0.2, 0) is 7.05 Å². The summed E-state index contributed by atoms with van der Waals surface area (Å²) >= 11 is 6.04. The average Bonchev–Trinajstić information content (AvgIpc) is 2.53. The molecule has 0 saturated carbocycles. The van der Waals surface area contributed by atoms with Gasteiger partial charge in [-0.05, 0) is 18.2 Å². The van der Waals surface area contributed by atoms with Crippen LogP contribution in [0.3, 0.4) is 0 Å². The van der Waals surface area contributed by atoms with Gasteiger partial charge in [0, 0.05) is 12.4 Å². The second-order valence-corrected chi connectivity index (χ2v) is 5.16. The molecular weight excluding hydrogens is 302 g/mol. The Hall–Kier alpha value is -2.66. The van der Waals surface area contributed by atoms with Gasteiger partial charge in [-0.25, -0.2) is 4.68 Å². The van der Waals surface area contributed by atoms with Gasteiger partial charge in [0.05, 0.1) is 16.1 Å². The number of fused-ring (bicyclic) bond motifs is 1. The van der Waals surface area contributed by atoms with E-state index in [1.165, 1.54) is 7.05 Å². The molecule has 6 heteroatoms. The first-order valence-electron chi connectivity index (χ1n) is 6.60. The van der Waals surface area contributed by atoms with Crippen LogP contribution in [0.15, 0.2) is 53.3 Å². The van der Waals surface area contributed by atoms with E-state index in [0.29, 0.717) is 21.5 Å². The fourth-order valence-corrected chi connectivity index (χ4v) is 2.39. The number of anilines is 1. The number of para-hydroxylation sites is 1. The standard InChI is InChI=1S/C16H12ClN3O2/c1-20-16(22)11-7-3-2-6-10(11)14(19-20)15(21)18-13-9-5-4-8-12(13)17/h2-9H,1H3,(H,18,21). The number of rotatable bonds is 2. The smallest absolute Gasteiger partial charge is 0.276 e. The largest absolute Gasteiger partial charge is 0.319 e. The van der Waals surface area contributed by atoms with E-state index in [4.69, 9.17) is 11.6 Å². The molecule has 1 heterocycles. The molecule has 22 heavy (non-hydrogen) atoms. The lowest BCUT2D eigenvalue weighted by atomic mass is 10.1. The molecule has 2 aromatic carbocycles. The summed E-state index contributed by atoms with van der Waals surface area (Å²) in [6.45, 7) is 0. The predicted molar refractivity (Wildman–Crippen MR) is 86.4 cm³/mol. The molecule has 0 aliphatic carbocycles. The number of nitrogens with one attached hydrogen (secondary N) is 1. The van der Waals surface area contributed by atoms with Crippen LogP contribution in [0.25, 0.3) is 10.8 Å². The SMILES string of the molecule is Cn1nc(C(=O)Nc2ccccc2Cl)c2ccccc2c1=O. The van der Waals surface area contributed by atoms with Crippen molar-refractivity contribution in [3.8, 4) is 0 Å². The van der Waals surface area contributed by atoms with Gasteiger partial charge in [0.2, 0.25) is 0 Å². The van der Waals surface area contributed by atoms with Crippen molar-refractivity contribution in [2.75, 3.05) is 5.32 Å². The van der Waals surface area contributed by atoms with Gasteiger partial charge >= 0.3 is 0 Å². The zero-order chi connectivity index (χ0) is 15.7. The maximum Gasteiger partial charge on any atom is 0.276 e. The zero-order valence-electron chi connectivity index (χ0n) is 11.7. The van der Waals surface area contributed by atoms with Crippen molar-refractivity contribution in [3.63, 3.8) is 0 Å². The number of carbonyl (C=O) groups is 1. The number of aromatic nitrogens is 2. The molecule has 0 bridgehead atoms. The predicted octanol–water partition coefficient (Wildman–Crippen LogP) is 2.84. The summed E-state index contributed by atoms with van der Waals surface area (Å²) in [6, 6.07) is 13.8. The molecular formula is C16H12ClN3O2. The summed E-state index contributed by atoms with van der Waals surface area (Å²) in [7, 11) is 1.51. The Morgan fingerprint density at radius 2 is 1.73 bits per heavy atom. The van der Waals surface area contributed by atoms with E-state index < -0.39 is 5.91 Å². The van der Waals surface area contributed by atoms with Gasteiger partial charge in [0.15, 0.2) is 5.69 Å². The Morgan fingerprint density at radius 3 is 2.45 bits per heavy atom. The van der Waals surface area contributed by atoms with E-state index in [9.17, 15) is 9.59 Å². The van der Waals surface area contributed by atoms with Gasteiger partial charge in [0.1, 0.15) is 0 Å². The van der Waals surface area contributed by atoms with Gasteiger partial charge in [-0.3, -0.25) is 9.59 Å². The quantitative estimate of drug-likeness (QED) is 0.791. The first-order chi connectivity index (χ1) is 10.6. The minimum Gasteiger partial charge on any atom is -0.319 e. The van der Waals surface area contributed by atoms with Crippen LogP contribution >= 0.6 is 11.6 Å². The topological polar surface area (TPSA) is 64.0 Å². The van der Waals surface area contributed by atoms with Crippen LogP contribution in [-0.4, -0.2) is 15.7 Å². The Kier molecular flexibility index (Phi) is 3.65. The number of amides is 1. The molecule has 0 radical (unpaired) electrons. The van der Waals surface area contributed by atoms with Crippen LogP contribution < -0.4 is 10.9 Å². The number of nitrogens with zero attached hydrogens (tertiary/aromatic N) is 2. The highest BCUT2D eigenvalue weighted by atomic mass is 35.5. The molecule has 1 amide bonds. The van der Waals surface area contributed by atoms with Gasteiger partial charge in [-0.2, -0.15) is 5.10 Å². The molecule has 1 N–H and O–H groups in total. The van der Waals surface area contributed by atoms with E-state index in [0.717, 1.165) is 4.68 Å². The van der Waals surface area contributed by atoms with Gasteiger partial charge in [-0.1, -0.05) is 41.9 Å². The lowest BCUT2D eigenvalue weighted by molar-refractivity contribution is 0.102. The maximum atomic E-state index is 12.5. The first-order valence-corrected chi connectivity index (χ1v) is 6.97. The highest BCUT2D eigenvalue weighted by Gasteiger charge is 2.16. The van der Waals surface area contributed by atoms with E-state index in [2.05, 4.69) is 10.4 Å². The molecule has 1 aromatic heterocycles. The van der Waals surface area contributed by atoms with Crippen molar-refractivity contribution in [2.45, 2.75) is 0 Å². The molecule has 110 valence electrons. The Morgan fingerprint density at radius 1 is 1.09 bits per heavy atom. The molecule has 3 aromatic rings. The van der Waals surface area contributed by atoms with Crippen molar-refractivity contribution in [3.05, 3.63) is 69.6 Å². The van der Waals surface area contributed by atoms with Crippen molar-refractivity contribution in [1.29, 1.82) is 0 Å². The second kappa shape index (κ2) is 5.61. The Balaban J connectivity index is 2.11. The molecule has 5 nitrogen and oxygen atoms in total. The lowest BCUT2D eigenvalue weighted by Crippen LogP contribution is -2.25. The molecule has 0 aliphatic rings. The van der Waals surface area contributed by atoms with Crippen LogP contribution in [0.5, 0.6) is 0 Å². The van der Waals surface area contributed by atoms with Crippen molar-refractivity contribution in [2.24, 2.45) is 7.05 Å². The second-order valence-electron chi connectivity index (χ2n) is 4.76. The van der Waals surface area contributed by atoms with Gasteiger partial charge in [-0.15, -0.1) is 0 Å². The lowest BCUT2D eigenvalue weighted by Gasteiger charge is -2.09. The number of benzene rings is 2. The van der Waals surface area contributed by atoms with Crippen LogP contribution in [0.1, 0.15) is 10.5 Å². The molecule has 0 aliphatic heterocycles. The zero-order valence-corrected chi connectivity index (χ0v) is 12.5. The summed E-state index contributed by atoms with van der Waals surface area (Å²) in [6.07, 6.45) is 0. The molecule has 0 atom stereocenters. The van der Waals surface area contributed by atoms with Crippen LogP contribution in [0.2, 0.25) is 5.02 Å². The summed E-state index contributed by atoms with van der Waals surface area (Å²) in [5.74, 6) is -0.417. The summed E-state index contributed by atoms with van der Waals surface area (Å²) in [5.41, 5.74) is 0.427. The van der Waals surface area contributed by atoms with Crippen molar-refractivity contribution >= 4 is 34.0 Å². The highest BCUT2D eigenvalue weighted by molar-refractivity contribution is 6.34. The number of halogens is 1. The van der Waals surface area contributed by atoms with E-state index >= 15 is 0 Å². The Labute approximate surface area is 131 Å². The minimum atomic E-state index is -0.417. The molecule has 0 saturated heterocycles. The fraction of sp³-hybridized carbons (Fsp3) is 0.0625. The van der Waals surface area contributed by atoms with E-state index in [1.807, 2.05) is 0 Å². The molecule has 0 spiro atoms. The molecule has 0 unspecified atom stereocenters. The average molecular weight is 314 g/mol. The third-order valence-corrected chi connectivity index (χ3v) is 3.62. The van der Waals surface area contributed by atoms with Crippen LogP contribution in [0.4, 0.5) is 5.69 Å². The number of aryl methyl sites for hydroxylation is 1. The number of hydrogen-bond acceptors (Lipinski definition) is 3. The molecule has 0 fully saturated rings. The minimum absolute atomic E-state index is 0.178. The van der Waals surface area contributed by atoms with Gasteiger partial charge in [0.25, 0.3) is 11.5 Å². The van der Waals surface area contributed by atoms with Crippen molar-refractivity contribution in [1.82, 2.24) is 9.78 Å². The number of carbonyl (C=O) groups excluding carboxylic acids is 1. The van der Waals surface area contributed by atoms with Gasteiger partial charge < -0.3 is 5.32 Å². The monoisotopic (exact) mass is 313 g/mol. The fourth-order valence-electron chi connectivity index (χ4n) is 2.21. The third kappa shape index (κ3) is 2.46. The maximum absolute atomic E-state index is 12.5. The summed E-state index contributed by atoms with van der Waals surface area (Å²) in [5, 5.41) is 8.19. The Bertz CT molecular complexity index is 934. The third-order valence-electron chi connectivity index (χ3n) is 3.29. The summed E-state index contributed by atoms with van der Waals surface area (Å²) in [4.78, 5) is 24.6. The summed E-state index contributed by atoms with van der Waals surface area (Å²) < 4.78 is 1.16. The van der Waals surface area contributed by atoms with E-state index in [1.54, 1.807) is 48.5 Å². The first kappa shape index (κ1) is 14.3. The van der Waals surface area contributed by atoms with E-state index in [-0.39, 0.29) is 11.3 Å². The number of hydrogen-bond donors (Lipinski definition) is 1. The highest BCUT2D eigenvalue weighted by Crippen LogP contribution is 2.22. The molecule has 3 rings (SSSR count).